The molecule has 2 fully saturated rings. The van der Waals surface area contributed by atoms with Gasteiger partial charge in [0.1, 0.15) is 39.9 Å². The van der Waals surface area contributed by atoms with Gasteiger partial charge in [-0.05, 0) is 11.1 Å². The highest BCUT2D eigenvalue weighted by molar-refractivity contribution is 8.00. The maximum atomic E-state index is 13.5. The van der Waals surface area contributed by atoms with Crippen LogP contribution >= 0.6 is 34.9 Å². The van der Waals surface area contributed by atoms with Crippen molar-refractivity contribution in [2.24, 2.45) is 5.16 Å². The Balaban J connectivity index is 1.31. The van der Waals surface area contributed by atoms with Gasteiger partial charge in [-0.15, -0.1) is 34.9 Å². The van der Waals surface area contributed by atoms with Gasteiger partial charge in [0.15, 0.2) is 10.8 Å². The van der Waals surface area contributed by atoms with E-state index in [4.69, 9.17) is 15.7 Å². The number of fused-ring (bicyclic) bond motifs is 2. The minimum Gasteiger partial charge on any atom is -0.479 e. The van der Waals surface area contributed by atoms with Gasteiger partial charge in [-0.2, -0.15) is 0 Å². The van der Waals surface area contributed by atoms with Crippen LogP contribution in [0, 0.1) is 0 Å². The van der Waals surface area contributed by atoms with Crippen LogP contribution in [0.1, 0.15) is 5.69 Å². The summed E-state index contributed by atoms with van der Waals surface area (Å²) in [5.41, 5.74) is 5.83. The molecule has 230 valence electrons. The summed E-state index contributed by atoms with van der Waals surface area (Å²) in [4.78, 5) is 86.6. The Morgan fingerprint density at radius 2 is 1.59 bits per heavy atom. The Kier molecular flexibility index (Phi) is 8.53. The topological polar surface area (TPSA) is 234 Å². The van der Waals surface area contributed by atoms with Crippen molar-refractivity contribution < 1.29 is 43.8 Å². The third-order valence-electron chi connectivity index (χ3n) is 6.80. The quantitative estimate of drug-likeness (QED) is 0.112. The maximum absolute atomic E-state index is 13.5. The second-order valence-electron chi connectivity index (χ2n) is 9.36. The number of aliphatic carboxylic acids is 2. The molecule has 2 unspecified atom stereocenters. The van der Waals surface area contributed by atoms with Crippen LogP contribution < -0.4 is 16.4 Å². The van der Waals surface area contributed by atoms with E-state index in [-0.39, 0.29) is 33.7 Å². The molecule has 0 saturated carbocycles. The summed E-state index contributed by atoms with van der Waals surface area (Å²) >= 11 is 3.53. The molecule has 0 aromatic carbocycles. The number of carboxylic acid groups (broad SMARTS) is 2. The Morgan fingerprint density at radius 3 is 2.11 bits per heavy atom. The minimum absolute atomic E-state index is 0.00474. The highest BCUT2D eigenvalue weighted by Gasteiger charge is 2.57. The first-order chi connectivity index (χ1) is 21.0. The molecular formula is C25H23N7O9S3. The lowest BCUT2D eigenvalue weighted by atomic mass is 10.00. The van der Waals surface area contributed by atoms with Crippen LogP contribution in [0.15, 0.2) is 58.4 Å². The first-order valence-corrected chi connectivity index (χ1v) is 15.5. The Hall–Kier alpha value is -4.62. The number of hydrogen-bond donors (Lipinski definition) is 5. The molecule has 16 nitrogen and oxygen atoms in total. The zero-order valence-corrected chi connectivity index (χ0v) is 24.9. The number of aromatic nitrogens is 1. The molecular weight excluding hydrogens is 639 g/mol. The fourth-order valence-corrected chi connectivity index (χ4v) is 8.01. The number of carbonyl (C=O) groups excluding carboxylic acids is 4. The molecule has 0 radical (unpaired) electrons. The summed E-state index contributed by atoms with van der Waals surface area (Å²) in [5.74, 6) is -4.97. The molecule has 2 saturated heterocycles. The van der Waals surface area contributed by atoms with Gasteiger partial charge in [0.25, 0.3) is 23.6 Å². The third-order valence-corrected chi connectivity index (χ3v) is 10.1. The standard InChI is InChI=1S/C25H23N7O9S3/c1-3-9-6-42-22-14(28-18(35)13(30-41-5-12(33)34)11-8-44-25(26)27-11)20(37)31(22)16(9)19(36)29-15-21(38)32-17(24(39)40)10(4-2)7-43-23(15)32/h3-4,8,14-15,22-23H,1-2,5-7H2,(H2,26,27)(H,28,35)(H,29,36)(H,33,34)(H,39,40)/b30-13-/t14-,15-,22?,23?/m1/s1. The van der Waals surface area contributed by atoms with Gasteiger partial charge in [-0.3, -0.25) is 29.0 Å². The number of amides is 4. The predicted molar refractivity (Wildman–Crippen MR) is 159 cm³/mol. The first-order valence-electron chi connectivity index (χ1n) is 12.6. The molecule has 1 aromatic heterocycles. The van der Waals surface area contributed by atoms with E-state index in [0.29, 0.717) is 11.1 Å². The summed E-state index contributed by atoms with van der Waals surface area (Å²) in [5, 5.41) is 27.4. The van der Waals surface area contributed by atoms with Crippen LogP contribution in [-0.2, 0) is 33.6 Å². The van der Waals surface area contributed by atoms with Crippen molar-refractivity contribution >= 4 is 81.3 Å². The van der Waals surface area contributed by atoms with Crippen LogP contribution in [0.25, 0.3) is 0 Å². The number of nitrogen functional groups attached to an aromatic ring is 1. The SMILES string of the molecule is C=CC1=C(C(=O)O)N2C(=O)[C@@H](NC(=O)C3=C(C=C)CSC4[C@H](NC(=O)/C(=N\OCC(=O)O)c5csc(N)n5)C(=O)N34)C2SC1. The Labute approximate surface area is 260 Å². The summed E-state index contributed by atoms with van der Waals surface area (Å²) in [6, 6.07) is -2.14. The zero-order valence-electron chi connectivity index (χ0n) is 22.4. The molecule has 0 bridgehead atoms. The number of β-lactam (4-membered cyclic amide) rings is 2. The second-order valence-corrected chi connectivity index (χ2v) is 12.5. The lowest BCUT2D eigenvalue weighted by Gasteiger charge is -2.51. The van der Waals surface area contributed by atoms with Crippen LogP contribution in [0.3, 0.4) is 0 Å². The number of carbonyl (C=O) groups is 6. The summed E-state index contributed by atoms with van der Waals surface area (Å²) < 4.78 is 0. The highest BCUT2D eigenvalue weighted by atomic mass is 32.2. The molecule has 0 aliphatic carbocycles. The number of rotatable bonds is 11. The van der Waals surface area contributed by atoms with Crippen molar-refractivity contribution in [3.8, 4) is 0 Å². The zero-order chi connectivity index (χ0) is 31.9. The predicted octanol–water partition coefficient (Wildman–Crippen LogP) is -0.705. The van der Waals surface area contributed by atoms with E-state index < -0.39 is 70.7 Å². The first kappa shape index (κ1) is 30.8. The Morgan fingerprint density at radius 1 is 1.02 bits per heavy atom. The monoisotopic (exact) mass is 661 g/mol. The van der Waals surface area contributed by atoms with E-state index in [2.05, 4.69) is 33.9 Å². The van der Waals surface area contributed by atoms with Crippen molar-refractivity contribution in [1.29, 1.82) is 0 Å². The van der Waals surface area contributed by atoms with E-state index in [1.807, 2.05) is 0 Å². The van der Waals surface area contributed by atoms with Crippen LogP contribution in [0.4, 0.5) is 5.13 Å². The van der Waals surface area contributed by atoms with Gasteiger partial charge >= 0.3 is 11.9 Å². The number of thioether (sulfide) groups is 2. The van der Waals surface area contributed by atoms with Crippen LogP contribution in [0.5, 0.6) is 0 Å². The molecule has 0 spiro atoms. The van der Waals surface area contributed by atoms with Gasteiger partial charge in [-0.25, -0.2) is 14.6 Å². The maximum Gasteiger partial charge on any atom is 0.352 e. The van der Waals surface area contributed by atoms with Crippen molar-refractivity contribution in [2.45, 2.75) is 22.8 Å². The van der Waals surface area contributed by atoms with Crippen LogP contribution in [0.2, 0.25) is 0 Å². The fraction of sp³-hybridized carbons (Fsp3) is 0.280. The number of thiazole rings is 1. The number of nitrogens with two attached hydrogens (primary N) is 1. The normalized spacial score (nSPS) is 24.4. The van der Waals surface area contributed by atoms with E-state index in [1.165, 1.54) is 46.0 Å². The molecule has 19 heteroatoms. The number of anilines is 1. The number of nitrogens with zero attached hydrogens (tertiary/aromatic N) is 4. The number of carboxylic acids is 2. The molecule has 4 aliphatic rings. The molecule has 4 amide bonds. The average molecular weight is 662 g/mol. The smallest absolute Gasteiger partial charge is 0.352 e. The molecule has 5 heterocycles. The van der Waals surface area contributed by atoms with E-state index >= 15 is 0 Å². The third kappa shape index (κ3) is 5.33. The molecule has 4 atom stereocenters. The van der Waals surface area contributed by atoms with Gasteiger partial charge in [0.2, 0.25) is 6.61 Å². The lowest BCUT2D eigenvalue weighted by molar-refractivity contribution is -0.151. The molecule has 44 heavy (non-hydrogen) atoms. The number of nitrogens with one attached hydrogen (secondary N) is 2. The Bertz CT molecular complexity index is 1620. The lowest BCUT2D eigenvalue weighted by Crippen LogP contribution is -2.73. The molecule has 5 rings (SSSR count). The van der Waals surface area contributed by atoms with Crippen molar-refractivity contribution in [3.63, 3.8) is 0 Å². The number of oxime groups is 1. The molecule has 4 aliphatic heterocycles. The molecule has 6 N–H and O–H groups in total. The van der Waals surface area contributed by atoms with Gasteiger partial charge in [-0.1, -0.05) is 30.5 Å². The number of hydrogen-bond acceptors (Lipinski definition) is 13. The largest absolute Gasteiger partial charge is 0.479 e. The summed E-state index contributed by atoms with van der Waals surface area (Å²) in [6.45, 7) is 6.50. The van der Waals surface area contributed by atoms with Gasteiger partial charge in [0.05, 0.1) is 0 Å². The van der Waals surface area contributed by atoms with E-state index in [0.717, 1.165) is 16.2 Å². The van der Waals surface area contributed by atoms with Gasteiger partial charge < -0.3 is 31.4 Å². The highest BCUT2D eigenvalue weighted by Crippen LogP contribution is 2.43. The average Bonchev–Trinajstić information content (AvgIpc) is 3.43. The van der Waals surface area contributed by atoms with Crippen molar-refractivity contribution in [1.82, 2.24) is 25.4 Å². The van der Waals surface area contributed by atoms with Gasteiger partial charge in [0, 0.05) is 16.9 Å². The van der Waals surface area contributed by atoms with E-state index in [1.54, 1.807) is 0 Å². The molecule has 1 aromatic rings. The number of allylic oxidation sites excluding steroid dienone is 2. The van der Waals surface area contributed by atoms with Crippen molar-refractivity contribution in [2.75, 3.05) is 23.8 Å². The summed E-state index contributed by atoms with van der Waals surface area (Å²) in [6.07, 6.45) is 2.79. The van der Waals surface area contributed by atoms with E-state index in [9.17, 15) is 33.9 Å². The second kappa shape index (κ2) is 12.2. The minimum atomic E-state index is -1.33. The van der Waals surface area contributed by atoms with Crippen molar-refractivity contribution in [3.05, 3.63) is 58.9 Å². The summed E-state index contributed by atoms with van der Waals surface area (Å²) in [7, 11) is 0. The fourth-order valence-electron chi connectivity index (χ4n) is 4.79. The van der Waals surface area contributed by atoms with Crippen LogP contribution in [-0.4, -0.2) is 107 Å².